The number of halogens is 2. The standard InChI is InChI=1S/C14H15F2N3OS/c1-2-3-12-8-21-14(18-12)19-13(20)17-7-9-4-10(15)6-11(16)5-9/h4-6,8H,2-3,7H2,1H3,(H2,17,18,19,20). The average Bonchev–Trinajstić information content (AvgIpc) is 2.83. The van der Waals surface area contributed by atoms with Crippen molar-refractivity contribution in [3.63, 3.8) is 0 Å². The largest absolute Gasteiger partial charge is 0.334 e. The van der Waals surface area contributed by atoms with Gasteiger partial charge in [0, 0.05) is 18.0 Å². The van der Waals surface area contributed by atoms with Crippen LogP contribution in [0.15, 0.2) is 23.6 Å². The van der Waals surface area contributed by atoms with Crippen molar-refractivity contribution in [3.05, 3.63) is 46.5 Å². The van der Waals surface area contributed by atoms with Gasteiger partial charge >= 0.3 is 6.03 Å². The fraction of sp³-hybridized carbons (Fsp3) is 0.286. The molecule has 2 rings (SSSR count). The highest BCUT2D eigenvalue weighted by atomic mass is 32.1. The topological polar surface area (TPSA) is 54.0 Å². The van der Waals surface area contributed by atoms with Crippen LogP contribution in [-0.4, -0.2) is 11.0 Å². The molecule has 2 N–H and O–H groups in total. The normalized spacial score (nSPS) is 10.4. The maximum absolute atomic E-state index is 13.0. The summed E-state index contributed by atoms with van der Waals surface area (Å²) in [6.07, 6.45) is 1.85. The molecule has 0 saturated carbocycles. The zero-order valence-corrected chi connectivity index (χ0v) is 12.3. The van der Waals surface area contributed by atoms with Gasteiger partial charge in [-0.2, -0.15) is 0 Å². The number of amides is 2. The van der Waals surface area contributed by atoms with Crippen LogP contribution in [0, 0.1) is 11.6 Å². The number of carbonyl (C=O) groups excluding carboxylic acids is 1. The van der Waals surface area contributed by atoms with Gasteiger partial charge in [0.05, 0.1) is 5.69 Å². The summed E-state index contributed by atoms with van der Waals surface area (Å²) in [5, 5.41) is 7.51. The van der Waals surface area contributed by atoms with Crippen molar-refractivity contribution in [3.8, 4) is 0 Å². The zero-order valence-electron chi connectivity index (χ0n) is 11.5. The van der Waals surface area contributed by atoms with Gasteiger partial charge in [0.2, 0.25) is 0 Å². The Bertz CT molecular complexity index is 610. The SMILES string of the molecule is CCCc1csc(NC(=O)NCc2cc(F)cc(F)c2)n1. The van der Waals surface area contributed by atoms with Crippen LogP contribution in [-0.2, 0) is 13.0 Å². The van der Waals surface area contributed by atoms with Crippen molar-refractivity contribution in [2.45, 2.75) is 26.3 Å². The number of hydrogen-bond acceptors (Lipinski definition) is 3. The molecule has 2 amide bonds. The van der Waals surface area contributed by atoms with Gasteiger partial charge in [-0.1, -0.05) is 13.3 Å². The van der Waals surface area contributed by atoms with Crippen LogP contribution < -0.4 is 10.6 Å². The van der Waals surface area contributed by atoms with Gasteiger partial charge in [-0.3, -0.25) is 5.32 Å². The summed E-state index contributed by atoms with van der Waals surface area (Å²) in [6, 6.07) is 2.67. The van der Waals surface area contributed by atoms with E-state index in [4.69, 9.17) is 0 Å². The number of carbonyl (C=O) groups is 1. The minimum atomic E-state index is -0.670. The van der Waals surface area contributed by atoms with E-state index in [-0.39, 0.29) is 6.54 Å². The van der Waals surface area contributed by atoms with E-state index in [1.165, 1.54) is 23.5 Å². The predicted molar refractivity (Wildman–Crippen MR) is 78.3 cm³/mol. The van der Waals surface area contributed by atoms with Crippen molar-refractivity contribution in [2.24, 2.45) is 0 Å². The first-order chi connectivity index (χ1) is 10.1. The zero-order chi connectivity index (χ0) is 15.2. The van der Waals surface area contributed by atoms with Gasteiger partial charge < -0.3 is 5.32 Å². The molecule has 0 radical (unpaired) electrons. The summed E-state index contributed by atoms with van der Waals surface area (Å²) >= 11 is 1.34. The summed E-state index contributed by atoms with van der Waals surface area (Å²) < 4.78 is 26.0. The number of thiazole rings is 1. The molecule has 21 heavy (non-hydrogen) atoms. The number of aryl methyl sites for hydroxylation is 1. The van der Waals surface area contributed by atoms with E-state index < -0.39 is 17.7 Å². The van der Waals surface area contributed by atoms with Crippen LogP contribution in [0.2, 0.25) is 0 Å². The van der Waals surface area contributed by atoms with Crippen molar-refractivity contribution in [1.29, 1.82) is 0 Å². The smallest absolute Gasteiger partial charge is 0.321 e. The average molecular weight is 311 g/mol. The first kappa shape index (κ1) is 15.4. The number of benzene rings is 1. The Morgan fingerprint density at radius 1 is 1.29 bits per heavy atom. The number of rotatable bonds is 5. The maximum atomic E-state index is 13.0. The molecule has 0 aliphatic rings. The van der Waals surface area contributed by atoms with Gasteiger partial charge in [-0.15, -0.1) is 11.3 Å². The molecule has 0 bridgehead atoms. The van der Waals surface area contributed by atoms with Gasteiger partial charge in [0.25, 0.3) is 0 Å². The van der Waals surface area contributed by atoms with E-state index in [2.05, 4.69) is 22.5 Å². The van der Waals surface area contributed by atoms with Crippen molar-refractivity contribution >= 4 is 22.5 Å². The third kappa shape index (κ3) is 4.78. The Morgan fingerprint density at radius 3 is 2.67 bits per heavy atom. The van der Waals surface area contributed by atoms with Gasteiger partial charge in [-0.25, -0.2) is 18.6 Å². The molecule has 2 aromatic rings. The Hall–Kier alpha value is -2.02. The molecular weight excluding hydrogens is 296 g/mol. The summed E-state index contributed by atoms with van der Waals surface area (Å²) in [5.74, 6) is -1.34. The van der Waals surface area contributed by atoms with Gasteiger partial charge in [0.15, 0.2) is 5.13 Å². The number of hydrogen-bond donors (Lipinski definition) is 2. The van der Waals surface area contributed by atoms with Crippen LogP contribution in [0.25, 0.3) is 0 Å². The Labute approximate surface area is 125 Å². The second-order valence-corrected chi connectivity index (χ2v) is 5.34. The molecule has 0 unspecified atom stereocenters. The molecule has 0 aliphatic carbocycles. The second kappa shape index (κ2) is 7.12. The summed E-state index contributed by atoms with van der Waals surface area (Å²) in [5.41, 5.74) is 1.29. The van der Waals surface area contributed by atoms with E-state index in [9.17, 15) is 13.6 Å². The second-order valence-electron chi connectivity index (χ2n) is 4.48. The van der Waals surface area contributed by atoms with Crippen molar-refractivity contribution < 1.29 is 13.6 Å². The highest BCUT2D eigenvalue weighted by Gasteiger charge is 2.07. The van der Waals surface area contributed by atoms with Crippen LogP contribution in [0.1, 0.15) is 24.6 Å². The molecular formula is C14H15F2N3OS. The highest BCUT2D eigenvalue weighted by Crippen LogP contribution is 2.16. The predicted octanol–water partition coefficient (Wildman–Crippen LogP) is 3.70. The van der Waals surface area contributed by atoms with E-state index in [0.717, 1.165) is 24.6 Å². The third-order valence-electron chi connectivity index (χ3n) is 2.65. The minimum absolute atomic E-state index is 0.0354. The van der Waals surface area contributed by atoms with Crippen LogP contribution in [0.4, 0.5) is 18.7 Å². The molecule has 4 nitrogen and oxygen atoms in total. The number of urea groups is 1. The monoisotopic (exact) mass is 311 g/mol. The van der Waals surface area contributed by atoms with Crippen LogP contribution in [0.3, 0.4) is 0 Å². The molecule has 0 fully saturated rings. The summed E-state index contributed by atoms with van der Waals surface area (Å²) in [7, 11) is 0. The van der Waals surface area contributed by atoms with E-state index in [1.54, 1.807) is 0 Å². The lowest BCUT2D eigenvalue weighted by atomic mass is 10.2. The lowest BCUT2D eigenvalue weighted by Gasteiger charge is -2.06. The number of aromatic nitrogens is 1. The molecule has 0 saturated heterocycles. The van der Waals surface area contributed by atoms with E-state index >= 15 is 0 Å². The molecule has 0 atom stereocenters. The first-order valence-corrected chi connectivity index (χ1v) is 7.39. The molecule has 0 spiro atoms. The summed E-state index contributed by atoms with van der Waals surface area (Å²) in [4.78, 5) is 15.9. The van der Waals surface area contributed by atoms with E-state index in [1.807, 2.05) is 5.38 Å². The molecule has 7 heteroatoms. The maximum Gasteiger partial charge on any atom is 0.321 e. The molecule has 1 aromatic carbocycles. The number of nitrogens with one attached hydrogen (secondary N) is 2. The fourth-order valence-corrected chi connectivity index (χ4v) is 2.51. The molecule has 1 heterocycles. The Morgan fingerprint density at radius 2 is 2.00 bits per heavy atom. The lowest BCUT2D eigenvalue weighted by Crippen LogP contribution is -2.28. The number of nitrogens with zero attached hydrogens (tertiary/aromatic N) is 1. The van der Waals surface area contributed by atoms with Gasteiger partial charge in [-0.05, 0) is 24.1 Å². The highest BCUT2D eigenvalue weighted by molar-refractivity contribution is 7.13. The Balaban J connectivity index is 1.86. The van der Waals surface area contributed by atoms with E-state index in [0.29, 0.717) is 10.7 Å². The first-order valence-electron chi connectivity index (χ1n) is 6.51. The van der Waals surface area contributed by atoms with Crippen molar-refractivity contribution in [1.82, 2.24) is 10.3 Å². The lowest BCUT2D eigenvalue weighted by molar-refractivity contribution is 0.251. The molecule has 0 aliphatic heterocycles. The molecule has 112 valence electrons. The number of anilines is 1. The Kier molecular flexibility index (Phi) is 5.21. The quantitative estimate of drug-likeness (QED) is 0.884. The van der Waals surface area contributed by atoms with Crippen molar-refractivity contribution in [2.75, 3.05) is 5.32 Å². The van der Waals surface area contributed by atoms with Crippen LogP contribution in [0.5, 0.6) is 0 Å². The van der Waals surface area contributed by atoms with Gasteiger partial charge in [0.1, 0.15) is 11.6 Å². The molecule has 1 aromatic heterocycles. The minimum Gasteiger partial charge on any atom is -0.334 e. The fourth-order valence-electron chi connectivity index (χ4n) is 1.77. The summed E-state index contributed by atoms with van der Waals surface area (Å²) in [6.45, 7) is 2.09. The third-order valence-corrected chi connectivity index (χ3v) is 3.46. The van der Waals surface area contributed by atoms with Crippen LogP contribution >= 0.6 is 11.3 Å².